The Morgan fingerprint density at radius 2 is 1.44 bits per heavy atom. The van der Waals surface area contributed by atoms with Gasteiger partial charge >= 0.3 is 0 Å². The molecule has 16 heavy (non-hydrogen) atoms. The Bertz CT molecular complexity index is 152. The first-order chi connectivity index (χ1) is 7.54. The summed E-state index contributed by atoms with van der Waals surface area (Å²) in [5.41, 5.74) is 0.319. The van der Waals surface area contributed by atoms with Gasteiger partial charge in [0.1, 0.15) is 0 Å². The van der Waals surface area contributed by atoms with Crippen molar-refractivity contribution in [2.45, 2.75) is 90.9 Å². The van der Waals surface area contributed by atoms with Crippen LogP contribution in [0.1, 0.15) is 85.5 Å². The topological polar surface area (TPSA) is 0 Å². The van der Waals surface area contributed by atoms with Crippen LogP contribution >= 0.6 is 11.6 Å². The third kappa shape index (κ3) is 7.54. The van der Waals surface area contributed by atoms with Gasteiger partial charge < -0.3 is 0 Å². The van der Waals surface area contributed by atoms with Crippen molar-refractivity contribution in [3.63, 3.8) is 0 Å². The van der Waals surface area contributed by atoms with E-state index in [2.05, 4.69) is 27.7 Å². The van der Waals surface area contributed by atoms with Gasteiger partial charge in [-0.05, 0) is 18.3 Å². The van der Waals surface area contributed by atoms with Gasteiger partial charge in [-0.3, -0.25) is 0 Å². The Morgan fingerprint density at radius 3 is 2.00 bits per heavy atom. The van der Waals surface area contributed by atoms with E-state index >= 15 is 0 Å². The molecule has 0 fully saturated rings. The first-order valence-corrected chi connectivity index (χ1v) is 7.62. The molecule has 0 saturated carbocycles. The van der Waals surface area contributed by atoms with Gasteiger partial charge in [0.15, 0.2) is 0 Å². The van der Waals surface area contributed by atoms with E-state index < -0.39 is 0 Å². The van der Waals surface area contributed by atoms with E-state index in [1.807, 2.05) is 0 Å². The summed E-state index contributed by atoms with van der Waals surface area (Å²) in [4.78, 5) is 0. The standard InChI is InChI=1S/C15H31Cl/c1-5-7-8-9-10-11-12-14(16)15(3,4)13-6-2/h14H,5-13H2,1-4H3. The minimum Gasteiger partial charge on any atom is -0.122 e. The van der Waals surface area contributed by atoms with Gasteiger partial charge in [-0.2, -0.15) is 0 Å². The molecule has 0 aliphatic heterocycles. The van der Waals surface area contributed by atoms with Crippen molar-refractivity contribution in [2.24, 2.45) is 5.41 Å². The largest absolute Gasteiger partial charge is 0.122 e. The second kappa shape index (κ2) is 9.33. The Labute approximate surface area is 108 Å². The van der Waals surface area contributed by atoms with Crippen molar-refractivity contribution in [2.75, 3.05) is 0 Å². The quantitative estimate of drug-likeness (QED) is 0.319. The fraction of sp³-hybridized carbons (Fsp3) is 1.00. The second-order valence-corrected chi connectivity index (χ2v) is 6.29. The number of rotatable bonds is 10. The maximum Gasteiger partial charge on any atom is 0.0387 e. The van der Waals surface area contributed by atoms with Gasteiger partial charge in [-0.1, -0.05) is 72.6 Å². The summed E-state index contributed by atoms with van der Waals surface area (Å²) in [6.07, 6.45) is 11.9. The highest BCUT2D eigenvalue weighted by Gasteiger charge is 2.25. The third-order valence-electron chi connectivity index (χ3n) is 3.55. The van der Waals surface area contributed by atoms with Crippen molar-refractivity contribution in [1.29, 1.82) is 0 Å². The summed E-state index contributed by atoms with van der Waals surface area (Å²) < 4.78 is 0. The van der Waals surface area contributed by atoms with Crippen LogP contribution in [-0.4, -0.2) is 5.38 Å². The molecule has 0 aromatic rings. The summed E-state index contributed by atoms with van der Waals surface area (Å²) in [5, 5.41) is 0.360. The molecule has 0 saturated heterocycles. The Kier molecular flexibility index (Phi) is 9.50. The molecule has 0 rings (SSSR count). The monoisotopic (exact) mass is 246 g/mol. The highest BCUT2D eigenvalue weighted by atomic mass is 35.5. The van der Waals surface area contributed by atoms with Crippen molar-refractivity contribution in [3.8, 4) is 0 Å². The summed E-state index contributed by atoms with van der Waals surface area (Å²) in [6.45, 7) is 9.13. The van der Waals surface area contributed by atoms with Crippen LogP contribution in [0.2, 0.25) is 0 Å². The van der Waals surface area contributed by atoms with Crippen LogP contribution in [0.5, 0.6) is 0 Å². The first-order valence-electron chi connectivity index (χ1n) is 7.18. The number of unbranched alkanes of at least 4 members (excludes halogenated alkanes) is 5. The molecule has 1 heteroatoms. The first kappa shape index (κ1) is 16.3. The molecule has 0 nitrogen and oxygen atoms in total. The van der Waals surface area contributed by atoms with E-state index in [9.17, 15) is 0 Å². The summed E-state index contributed by atoms with van der Waals surface area (Å²) in [6, 6.07) is 0. The number of hydrogen-bond donors (Lipinski definition) is 0. The molecular formula is C15H31Cl. The fourth-order valence-electron chi connectivity index (χ4n) is 2.30. The minimum absolute atomic E-state index is 0.319. The molecule has 1 atom stereocenters. The smallest absolute Gasteiger partial charge is 0.0387 e. The highest BCUT2D eigenvalue weighted by molar-refractivity contribution is 6.21. The Hall–Kier alpha value is 0.290. The van der Waals surface area contributed by atoms with Gasteiger partial charge in [-0.25, -0.2) is 0 Å². The van der Waals surface area contributed by atoms with Crippen LogP contribution in [0, 0.1) is 5.41 Å². The molecule has 0 aromatic heterocycles. The highest BCUT2D eigenvalue weighted by Crippen LogP contribution is 2.33. The average Bonchev–Trinajstić information content (AvgIpc) is 2.22. The third-order valence-corrected chi connectivity index (χ3v) is 4.36. The van der Waals surface area contributed by atoms with Crippen LogP contribution in [0.15, 0.2) is 0 Å². The van der Waals surface area contributed by atoms with E-state index in [0.717, 1.165) is 0 Å². The molecule has 1 unspecified atom stereocenters. The van der Waals surface area contributed by atoms with Gasteiger partial charge in [0.05, 0.1) is 0 Å². The Balaban J connectivity index is 3.52. The van der Waals surface area contributed by atoms with Crippen molar-refractivity contribution < 1.29 is 0 Å². The van der Waals surface area contributed by atoms with E-state index in [1.165, 1.54) is 57.8 Å². The zero-order valence-corrected chi connectivity index (χ0v) is 12.6. The van der Waals surface area contributed by atoms with Crippen LogP contribution in [0.25, 0.3) is 0 Å². The van der Waals surface area contributed by atoms with E-state index in [4.69, 9.17) is 11.6 Å². The zero-order chi connectivity index (χ0) is 12.4. The minimum atomic E-state index is 0.319. The molecule has 0 spiro atoms. The summed E-state index contributed by atoms with van der Waals surface area (Å²) in [7, 11) is 0. The van der Waals surface area contributed by atoms with Gasteiger partial charge in [-0.15, -0.1) is 11.6 Å². The molecular weight excluding hydrogens is 216 g/mol. The van der Waals surface area contributed by atoms with Crippen molar-refractivity contribution >= 4 is 11.6 Å². The van der Waals surface area contributed by atoms with Crippen molar-refractivity contribution in [3.05, 3.63) is 0 Å². The zero-order valence-electron chi connectivity index (χ0n) is 11.8. The summed E-state index contributed by atoms with van der Waals surface area (Å²) in [5.74, 6) is 0. The maximum absolute atomic E-state index is 6.49. The number of alkyl halides is 1. The maximum atomic E-state index is 6.49. The van der Waals surface area contributed by atoms with Gasteiger partial charge in [0, 0.05) is 5.38 Å². The lowest BCUT2D eigenvalue weighted by molar-refractivity contribution is 0.298. The van der Waals surface area contributed by atoms with E-state index in [1.54, 1.807) is 0 Å². The van der Waals surface area contributed by atoms with Gasteiger partial charge in [0.2, 0.25) is 0 Å². The Morgan fingerprint density at radius 1 is 0.875 bits per heavy atom. The SMILES string of the molecule is CCCCCCCCC(Cl)C(C)(C)CCC. The second-order valence-electron chi connectivity index (χ2n) is 5.76. The van der Waals surface area contributed by atoms with Crippen LogP contribution in [0.3, 0.4) is 0 Å². The lowest BCUT2D eigenvalue weighted by Crippen LogP contribution is -2.24. The fourth-order valence-corrected chi connectivity index (χ4v) is 2.56. The molecule has 0 amide bonds. The lowest BCUT2D eigenvalue weighted by Gasteiger charge is -2.29. The normalized spacial score (nSPS) is 14.1. The molecule has 0 heterocycles. The molecule has 98 valence electrons. The summed E-state index contributed by atoms with van der Waals surface area (Å²) >= 11 is 6.49. The predicted molar refractivity (Wildman–Crippen MR) is 76.3 cm³/mol. The predicted octanol–water partition coefficient (Wildman–Crippen LogP) is 6.17. The molecule has 0 radical (unpaired) electrons. The molecule has 0 aliphatic carbocycles. The number of halogens is 1. The van der Waals surface area contributed by atoms with Crippen LogP contribution in [-0.2, 0) is 0 Å². The molecule has 0 bridgehead atoms. The lowest BCUT2D eigenvalue weighted by atomic mass is 9.82. The van der Waals surface area contributed by atoms with Crippen molar-refractivity contribution in [1.82, 2.24) is 0 Å². The van der Waals surface area contributed by atoms with Gasteiger partial charge in [0.25, 0.3) is 0 Å². The van der Waals surface area contributed by atoms with Crippen LogP contribution in [0.4, 0.5) is 0 Å². The average molecular weight is 247 g/mol. The van der Waals surface area contributed by atoms with E-state index in [-0.39, 0.29) is 0 Å². The van der Waals surface area contributed by atoms with E-state index in [0.29, 0.717) is 10.8 Å². The number of hydrogen-bond acceptors (Lipinski definition) is 0. The molecule has 0 aliphatic rings. The molecule has 0 aromatic carbocycles. The molecule has 0 N–H and O–H groups in total. The van der Waals surface area contributed by atoms with Crippen LogP contribution < -0.4 is 0 Å².